The lowest BCUT2D eigenvalue weighted by atomic mass is 10.1. The molecule has 0 aliphatic carbocycles. The Morgan fingerprint density at radius 2 is 0.624 bits per heavy atom. The van der Waals surface area contributed by atoms with Crippen molar-refractivity contribution >= 4 is 81.2 Å². The highest BCUT2D eigenvalue weighted by atomic mass is 16.5. The van der Waals surface area contributed by atoms with Crippen LogP contribution in [-0.2, 0) is 16.2 Å². The number of aromatic hydroxyl groups is 1. The molecule has 0 atom stereocenters. The van der Waals surface area contributed by atoms with Crippen molar-refractivity contribution in [3.05, 3.63) is 439 Å². The third-order valence-corrected chi connectivity index (χ3v) is 19.5. The molecule has 6 aromatic carbocycles. The standard InChI is InChI=1S/C24H19N3O3.C22H17N3O3.2C19H16N4O3.C17H13N3O3/c28-23(19-6-8-21(9-7-19)30-16-17-4-2-1-3-5-17)27-22-14-20(15-26-24(22)29)18-10-12-25-13-11-18;1-14-18(12-20(28-14)16-5-3-2-4-6-16)21(26)25-19-11-17(13-24-22(19)27)15-7-9-23-10-8-15;1-12(24)22-16-4-2-14(3-5-16)18(25)23-17-10-15(11-21-19(17)26)13-6-8-20-9-7-13;1-12(24)22-16-4-2-3-14(9-16)18(25)23-17-10-15(11-21-19(17)26)13-5-7-20-8-6-13;21-14-3-1-12(2-4-14)16(22)20-15-9-13(10-19-17(15)23)11-5-7-18-8-6-11/h1-15H,16H2,(H,26,29)(H,27,28);2-13H,1H3,(H,24,27)(H,25,26);2*2-11H,1H3,(H,21,26)(H,22,24)(H,23,25);1-10,21H,(H,19,23)(H,20,22). The topological polar surface area (TPSA) is 475 Å². The molecule has 11 aromatic heterocycles. The van der Waals surface area contributed by atoms with Crippen LogP contribution in [0.4, 0.5) is 39.8 Å². The largest absolute Gasteiger partial charge is 0.508 e. The van der Waals surface area contributed by atoms with Gasteiger partial charge in [0.2, 0.25) is 11.8 Å². The van der Waals surface area contributed by atoms with E-state index in [-0.39, 0.29) is 63.0 Å². The van der Waals surface area contributed by atoms with Gasteiger partial charge in [0.15, 0.2) is 0 Å². The van der Waals surface area contributed by atoms with Crippen molar-refractivity contribution in [2.45, 2.75) is 27.4 Å². The van der Waals surface area contributed by atoms with E-state index in [0.29, 0.717) is 63.1 Å². The Morgan fingerprint density at radius 1 is 0.308 bits per heavy atom. The molecular weight excluding hydrogens is 1690 g/mol. The number of aromatic nitrogens is 10. The molecule has 660 valence electrons. The number of aromatic amines is 5. The van der Waals surface area contributed by atoms with Gasteiger partial charge < -0.3 is 76.4 Å². The number of ether oxygens (including phenoxy) is 1. The first-order valence-electron chi connectivity index (χ1n) is 40.7. The number of H-pyrrole nitrogens is 5. The highest BCUT2D eigenvalue weighted by Gasteiger charge is 2.21. The number of benzene rings is 6. The number of anilines is 7. The number of nitrogens with zero attached hydrogens (tertiary/aromatic N) is 5. The summed E-state index contributed by atoms with van der Waals surface area (Å²) in [4.78, 5) is 178. The third kappa shape index (κ3) is 26.1. The summed E-state index contributed by atoms with van der Waals surface area (Å²) in [7, 11) is 0. The summed E-state index contributed by atoms with van der Waals surface area (Å²) >= 11 is 0. The average molecular weight is 1770 g/mol. The lowest BCUT2D eigenvalue weighted by molar-refractivity contribution is -0.115. The summed E-state index contributed by atoms with van der Waals surface area (Å²) in [5.74, 6) is -0.685. The second-order valence-electron chi connectivity index (χ2n) is 28.9. The van der Waals surface area contributed by atoms with Crippen molar-refractivity contribution in [1.29, 1.82) is 0 Å². The lowest BCUT2D eigenvalue weighted by Gasteiger charge is -2.09. The van der Waals surface area contributed by atoms with Crippen LogP contribution in [0.25, 0.3) is 67.0 Å². The van der Waals surface area contributed by atoms with Crippen molar-refractivity contribution < 1.29 is 47.8 Å². The lowest BCUT2D eigenvalue weighted by Crippen LogP contribution is -2.20. The van der Waals surface area contributed by atoms with Gasteiger partial charge in [-0.2, -0.15) is 0 Å². The zero-order valence-corrected chi connectivity index (χ0v) is 71.0. The molecule has 0 saturated heterocycles. The number of amides is 7. The number of furan rings is 1. The van der Waals surface area contributed by atoms with E-state index >= 15 is 0 Å². The second-order valence-corrected chi connectivity index (χ2v) is 28.9. The Balaban J connectivity index is 0.000000142. The molecule has 0 radical (unpaired) electrons. The second kappa shape index (κ2) is 44.7. The molecule has 13 N–H and O–H groups in total. The molecule has 0 fully saturated rings. The number of hydrogen-bond acceptors (Lipinski definition) is 20. The quantitative estimate of drug-likeness (QED) is 0.0318. The van der Waals surface area contributed by atoms with E-state index in [9.17, 15) is 62.6 Å². The smallest absolute Gasteiger partial charge is 0.271 e. The molecule has 11 heterocycles. The maximum absolute atomic E-state index is 12.7. The molecule has 133 heavy (non-hydrogen) atoms. The van der Waals surface area contributed by atoms with E-state index in [2.05, 4.69) is 87.1 Å². The van der Waals surface area contributed by atoms with Crippen LogP contribution >= 0.6 is 0 Å². The molecule has 0 unspecified atom stereocenters. The van der Waals surface area contributed by atoms with Gasteiger partial charge in [-0.15, -0.1) is 0 Å². The van der Waals surface area contributed by atoms with Crippen LogP contribution in [0.2, 0.25) is 0 Å². The highest BCUT2D eigenvalue weighted by molar-refractivity contribution is 6.08. The van der Waals surface area contributed by atoms with Crippen molar-refractivity contribution in [2.24, 2.45) is 0 Å². The van der Waals surface area contributed by atoms with E-state index in [4.69, 9.17) is 9.15 Å². The number of phenolic OH excluding ortho intramolecular Hbond substituents is 1. The Hall–Kier alpha value is -19.0. The number of hydrogen-bond donors (Lipinski definition) is 13. The third-order valence-electron chi connectivity index (χ3n) is 19.5. The minimum atomic E-state index is -0.449. The summed E-state index contributed by atoms with van der Waals surface area (Å²) in [6, 6.07) is 72.7. The zero-order valence-electron chi connectivity index (χ0n) is 71.0. The monoisotopic (exact) mass is 1770 g/mol. The summed E-state index contributed by atoms with van der Waals surface area (Å²) in [5, 5.41) is 27.6. The van der Waals surface area contributed by atoms with Gasteiger partial charge in [-0.1, -0.05) is 66.7 Å². The molecule has 17 rings (SSSR count). The SMILES string of the molecule is CC(=O)Nc1ccc(C(=O)Nc2cc(-c3ccncc3)c[nH]c2=O)cc1.CC(=O)Nc1cccc(C(=O)Nc2cc(-c3ccncc3)c[nH]c2=O)c1.Cc1oc(-c2ccccc2)cc1C(=O)Nc1cc(-c2ccncc2)c[nH]c1=O.O=C(Nc1cc(-c2ccncc2)c[nH]c1=O)c1ccc(O)cc1.O=C(Nc1cc(-c2ccncc2)c[nH]c1=O)c1ccc(OCc2ccccc2)cc1. The van der Waals surface area contributed by atoms with E-state index < -0.39 is 40.3 Å². The van der Waals surface area contributed by atoms with Crippen molar-refractivity contribution in [1.82, 2.24) is 49.8 Å². The van der Waals surface area contributed by atoms with Crippen LogP contribution in [-0.4, -0.2) is 96.3 Å². The Bertz CT molecular complexity index is 7280. The number of carbonyl (C=O) groups excluding carboxylic acids is 7. The van der Waals surface area contributed by atoms with Gasteiger partial charge in [0.25, 0.3) is 57.3 Å². The molecule has 17 aromatic rings. The van der Waals surface area contributed by atoms with Gasteiger partial charge in [0.1, 0.15) is 58.1 Å². The molecular formula is C101H81N17O15. The molecule has 0 spiro atoms. The number of carbonyl (C=O) groups is 7. The van der Waals surface area contributed by atoms with E-state index in [1.165, 1.54) is 44.2 Å². The summed E-state index contributed by atoms with van der Waals surface area (Å²) in [6.45, 7) is 4.96. The molecule has 0 aliphatic heterocycles. The van der Waals surface area contributed by atoms with Gasteiger partial charge in [-0.05, 0) is 228 Å². The van der Waals surface area contributed by atoms with Crippen LogP contribution in [0, 0.1) is 6.92 Å². The predicted octanol–water partition coefficient (Wildman–Crippen LogP) is 16.2. The Morgan fingerprint density at radius 3 is 0.977 bits per heavy atom. The zero-order chi connectivity index (χ0) is 93.5. The van der Waals surface area contributed by atoms with Crippen LogP contribution in [0.3, 0.4) is 0 Å². The minimum absolute atomic E-state index is 0.0686. The van der Waals surface area contributed by atoms with Crippen molar-refractivity contribution in [3.8, 4) is 78.5 Å². The van der Waals surface area contributed by atoms with Crippen LogP contribution in [0.1, 0.15) is 77.0 Å². The normalized spacial score (nSPS) is 10.3. The molecule has 32 nitrogen and oxygen atoms in total. The highest BCUT2D eigenvalue weighted by Crippen LogP contribution is 2.29. The molecule has 7 amide bonds. The van der Waals surface area contributed by atoms with Gasteiger partial charge in [0, 0.05) is 174 Å². The van der Waals surface area contributed by atoms with Crippen molar-refractivity contribution in [3.63, 3.8) is 0 Å². The predicted molar refractivity (Wildman–Crippen MR) is 507 cm³/mol. The van der Waals surface area contributed by atoms with Gasteiger partial charge >= 0.3 is 0 Å². The van der Waals surface area contributed by atoms with Gasteiger partial charge in [0.05, 0.1) is 5.56 Å². The fourth-order valence-electron chi connectivity index (χ4n) is 12.8. The number of aryl methyl sites for hydroxylation is 1. The first kappa shape index (κ1) is 91.7. The molecule has 32 heteroatoms. The fourth-order valence-corrected chi connectivity index (χ4v) is 12.8. The Kier molecular flexibility index (Phi) is 30.8. The minimum Gasteiger partial charge on any atom is -0.508 e. The summed E-state index contributed by atoms with van der Waals surface area (Å²) in [6.07, 6.45) is 24.5. The summed E-state index contributed by atoms with van der Waals surface area (Å²) < 4.78 is 11.5. The number of rotatable bonds is 21. The van der Waals surface area contributed by atoms with E-state index in [0.717, 1.165) is 66.8 Å². The van der Waals surface area contributed by atoms with E-state index in [1.54, 1.807) is 239 Å². The van der Waals surface area contributed by atoms with Gasteiger partial charge in [-0.3, -0.25) is 82.5 Å². The molecule has 0 saturated carbocycles. The first-order chi connectivity index (χ1) is 64.5. The average Bonchev–Trinajstić information content (AvgIpc) is 1.45. The molecule has 0 aliphatic rings. The van der Waals surface area contributed by atoms with Crippen LogP contribution in [0.5, 0.6) is 11.5 Å². The number of pyridine rings is 10. The first-order valence-corrected chi connectivity index (χ1v) is 40.7. The summed E-state index contributed by atoms with van der Waals surface area (Å²) in [5.41, 5.74) is 11.9. The van der Waals surface area contributed by atoms with Crippen molar-refractivity contribution in [2.75, 3.05) is 37.2 Å². The molecule has 0 bridgehead atoms. The number of nitrogens with one attached hydrogen (secondary N) is 12. The fraction of sp³-hybridized carbons (Fsp3) is 0.0396. The maximum Gasteiger partial charge on any atom is 0.271 e. The van der Waals surface area contributed by atoms with E-state index in [1.807, 2.05) is 84.9 Å². The Labute approximate surface area is 756 Å². The van der Waals surface area contributed by atoms with Gasteiger partial charge in [-0.25, -0.2) is 0 Å². The van der Waals surface area contributed by atoms with Crippen LogP contribution < -0.4 is 69.8 Å². The van der Waals surface area contributed by atoms with Crippen LogP contribution in [0.15, 0.2) is 376 Å². The number of phenols is 1. The maximum atomic E-state index is 12.7.